The molecule has 2 nitrogen and oxygen atoms in total. The van der Waals surface area contributed by atoms with Crippen LogP contribution in [-0.4, -0.2) is 5.91 Å². The fraction of sp³-hybridized carbons (Fsp3) is 0.667. The molecule has 0 aromatic heterocycles. The van der Waals surface area contributed by atoms with E-state index in [2.05, 4.69) is 0 Å². The summed E-state index contributed by atoms with van der Waals surface area (Å²) in [6.07, 6.45) is 0.333. The minimum atomic E-state index is -0.495. The molecule has 0 atom stereocenters. The van der Waals surface area contributed by atoms with E-state index < -0.39 is 5.91 Å². The summed E-state index contributed by atoms with van der Waals surface area (Å²) < 4.78 is 0. The summed E-state index contributed by atoms with van der Waals surface area (Å²) in [5, 5.41) is 0. The van der Waals surface area contributed by atoms with Crippen molar-refractivity contribution in [2.24, 2.45) is 0 Å². The van der Waals surface area contributed by atoms with Crippen LogP contribution in [0, 0.1) is 0 Å². The van der Waals surface area contributed by atoms with Crippen LogP contribution in [0.2, 0.25) is 0 Å². The van der Waals surface area contributed by atoms with Gasteiger partial charge in [-0.05, 0) is 6.42 Å². The second-order valence-corrected chi connectivity index (χ2v) is 0.777. The Kier molecular flexibility index (Phi) is 7.95. The van der Waals surface area contributed by atoms with Gasteiger partial charge in [0.05, 0.1) is 0 Å². The van der Waals surface area contributed by atoms with E-state index in [-0.39, 0.29) is 18.9 Å². The molecule has 0 rings (SSSR count). The van der Waals surface area contributed by atoms with Crippen molar-refractivity contribution < 1.29 is 23.7 Å². The van der Waals surface area contributed by atoms with Crippen molar-refractivity contribution in [1.82, 2.24) is 0 Å². The van der Waals surface area contributed by atoms with Gasteiger partial charge >= 0.3 is 18.9 Å². The van der Waals surface area contributed by atoms with Crippen LogP contribution >= 0.6 is 0 Å². The van der Waals surface area contributed by atoms with E-state index in [1.807, 2.05) is 0 Å². The van der Waals surface area contributed by atoms with Crippen LogP contribution in [0.15, 0.2) is 0 Å². The molecule has 0 aliphatic rings. The van der Waals surface area contributed by atoms with E-state index in [1.165, 1.54) is 0 Å². The Balaban J connectivity index is 0. The van der Waals surface area contributed by atoms with E-state index >= 15 is 0 Å². The molecular weight excluding hydrogens is 73.0 g/mol. The summed E-state index contributed by atoms with van der Waals surface area (Å²) in [4.78, 5) is 9.48. The summed E-state index contributed by atoms with van der Waals surface area (Å²) in [5.41, 5.74) is 6.19. The molecule has 1 N–H and O–H groups in total. The van der Waals surface area contributed by atoms with E-state index in [4.69, 9.17) is 5.73 Å². The second kappa shape index (κ2) is 5.07. The standard InChI is InChI=1S/C3H7NO.Li/c1-2-3(4)5;/h2H2,1H3,(H2,4,5);/q;+1/p-1. The van der Waals surface area contributed by atoms with Crippen LogP contribution in [-0.2, 0) is 4.79 Å². The number of nitrogens with one attached hydrogen (secondary N) is 1. The van der Waals surface area contributed by atoms with E-state index in [1.54, 1.807) is 6.92 Å². The predicted molar refractivity (Wildman–Crippen MR) is 19.6 cm³/mol. The molecule has 6 heavy (non-hydrogen) atoms. The van der Waals surface area contributed by atoms with Crippen molar-refractivity contribution in [3.8, 4) is 0 Å². The zero-order valence-electron chi connectivity index (χ0n) is 4.12. The van der Waals surface area contributed by atoms with Crippen LogP contribution in [0.25, 0.3) is 5.73 Å². The molecule has 0 aliphatic heterocycles. The van der Waals surface area contributed by atoms with Crippen LogP contribution in [0.4, 0.5) is 0 Å². The molecule has 0 saturated heterocycles. The van der Waals surface area contributed by atoms with Gasteiger partial charge < -0.3 is 10.5 Å². The quantitative estimate of drug-likeness (QED) is 0.334. The average Bonchev–Trinajstić information content (AvgIpc) is 1.38. The molecule has 0 aromatic rings. The third kappa shape index (κ3) is 8.95. The third-order valence-corrected chi connectivity index (χ3v) is 0.321. The molecule has 1 amide bonds. The Morgan fingerprint density at radius 1 is 1.83 bits per heavy atom. The Labute approximate surface area is 49.3 Å². The van der Waals surface area contributed by atoms with Gasteiger partial charge in [-0.25, -0.2) is 0 Å². The zero-order chi connectivity index (χ0) is 4.28. The van der Waals surface area contributed by atoms with Gasteiger partial charge in [-0.2, -0.15) is 0 Å². The first kappa shape index (κ1) is 9.42. The Hall–Kier alpha value is 0.0674. The SMILES string of the molecule is CCC([NH-])=O.[Li+]. The minimum Gasteiger partial charge on any atom is -0.668 e. The first-order chi connectivity index (χ1) is 2.27. The fourth-order valence-electron chi connectivity index (χ4n) is 0. The smallest absolute Gasteiger partial charge is 0.668 e. The van der Waals surface area contributed by atoms with Gasteiger partial charge in [0, 0.05) is 5.91 Å². The number of hydrogen-bond donors (Lipinski definition) is 0. The summed E-state index contributed by atoms with van der Waals surface area (Å²) in [7, 11) is 0. The fourth-order valence-corrected chi connectivity index (χ4v) is 0. The number of carbonyl (C=O) groups excluding carboxylic acids is 1. The van der Waals surface area contributed by atoms with Crippen molar-refractivity contribution >= 4 is 5.91 Å². The van der Waals surface area contributed by atoms with Crippen molar-refractivity contribution in [2.75, 3.05) is 0 Å². The van der Waals surface area contributed by atoms with Crippen molar-refractivity contribution in [3.63, 3.8) is 0 Å². The van der Waals surface area contributed by atoms with Crippen molar-refractivity contribution in [2.45, 2.75) is 13.3 Å². The second-order valence-electron chi connectivity index (χ2n) is 0.777. The topological polar surface area (TPSA) is 40.9 Å². The molecule has 3 heteroatoms. The average molecular weight is 79.0 g/mol. The van der Waals surface area contributed by atoms with Gasteiger partial charge in [-0.3, -0.25) is 0 Å². The molecule has 0 heterocycles. The van der Waals surface area contributed by atoms with Crippen molar-refractivity contribution in [1.29, 1.82) is 0 Å². The van der Waals surface area contributed by atoms with Gasteiger partial charge in [0.1, 0.15) is 0 Å². The number of rotatable bonds is 1. The normalized spacial score (nSPS) is 6.17. The number of hydrogen-bond acceptors (Lipinski definition) is 1. The van der Waals surface area contributed by atoms with Gasteiger partial charge in [0.15, 0.2) is 0 Å². The first-order valence-corrected chi connectivity index (χ1v) is 1.51. The monoisotopic (exact) mass is 79.1 g/mol. The molecule has 0 aliphatic carbocycles. The Morgan fingerprint density at radius 2 is 2.00 bits per heavy atom. The largest absolute Gasteiger partial charge is 1.00 e. The third-order valence-electron chi connectivity index (χ3n) is 0.321. The summed E-state index contributed by atoms with van der Waals surface area (Å²) in [6, 6.07) is 0. The predicted octanol–water partition coefficient (Wildman–Crippen LogP) is -2.02. The summed E-state index contributed by atoms with van der Waals surface area (Å²) in [5.74, 6) is -0.495. The molecular formula is C3H6LiNO. The zero-order valence-corrected chi connectivity index (χ0v) is 4.12. The van der Waals surface area contributed by atoms with Gasteiger partial charge in [-0.1, -0.05) is 6.92 Å². The van der Waals surface area contributed by atoms with Gasteiger partial charge in [0.2, 0.25) is 0 Å². The molecule has 30 valence electrons. The summed E-state index contributed by atoms with van der Waals surface area (Å²) >= 11 is 0. The molecule has 0 unspecified atom stereocenters. The first-order valence-electron chi connectivity index (χ1n) is 1.51. The van der Waals surface area contributed by atoms with E-state index in [0.717, 1.165) is 0 Å². The Morgan fingerprint density at radius 3 is 2.00 bits per heavy atom. The van der Waals surface area contributed by atoms with Crippen LogP contribution in [0.1, 0.15) is 13.3 Å². The molecule has 0 bridgehead atoms. The molecule has 0 spiro atoms. The molecule has 0 fully saturated rings. The maximum atomic E-state index is 9.48. The van der Waals surface area contributed by atoms with E-state index in [0.29, 0.717) is 6.42 Å². The Bertz CT molecular complexity index is 46.1. The summed E-state index contributed by atoms with van der Waals surface area (Å²) in [6.45, 7) is 1.66. The number of carbonyl (C=O) groups is 1. The number of amides is 1. The maximum Gasteiger partial charge on any atom is 1.00 e. The van der Waals surface area contributed by atoms with Crippen LogP contribution in [0.3, 0.4) is 0 Å². The minimum absolute atomic E-state index is 0. The van der Waals surface area contributed by atoms with Crippen molar-refractivity contribution in [3.05, 3.63) is 5.73 Å². The van der Waals surface area contributed by atoms with Gasteiger partial charge in [-0.15, -0.1) is 0 Å². The van der Waals surface area contributed by atoms with Crippen LogP contribution in [0.5, 0.6) is 0 Å². The van der Waals surface area contributed by atoms with Crippen LogP contribution < -0.4 is 18.9 Å². The van der Waals surface area contributed by atoms with E-state index in [9.17, 15) is 4.79 Å². The molecule has 0 radical (unpaired) electrons. The van der Waals surface area contributed by atoms with Gasteiger partial charge in [0.25, 0.3) is 0 Å². The molecule has 0 saturated carbocycles. The maximum absolute atomic E-state index is 9.48. The molecule has 0 aromatic carbocycles.